The second-order valence-corrected chi connectivity index (χ2v) is 5.59. The van der Waals surface area contributed by atoms with Crippen LogP contribution in [0.25, 0.3) is 0 Å². The zero-order chi connectivity index (χ0) is 8.18. The SMILES string of the molecule is CC1CC1C1CCCCC12CC2. The van der Waals surface area contributed by atoms with Crippen LogP contribution < -0.4 is 0 Å². The third-order valence-corrected chi connectivity index (χ3v) is 4.81. The van der Waals surface area contributed by atoms with Crippen molar-refractivity contribution in [3.05, 3.63) is 0 Å². The Hall–Kier alpha value is 0. The van der Waals surface area contributed by atoms with E-state index in [2.05, 4.69) is 6.92 Å². The molecule has 0 aromatic heterocycles. The molecule has 1 spiro atoms. The molecule has 3 aliphatic carbocycles. The second kappa shape index (κ2) is 2.27. The van der Waals surface area contributed by atoms with Crippen LogP contribution >= 0.6 is 0 Å². The van der Waals surface area contributed by atoms with Crippen LogP contribution in [0.1, 0.15) is 51.9 Å². The molecule has 12 heavy (non-hydrogen) atoms. The van der Waals surface area contributed by atoms with Gasteiger partial charge in [0.1, 0.15) is 0 Å². The van der Waals surface area contributed by atoms with Crippen molar-refractivity contribution < 1.29 is 0 Å². The van der Waals surface area contributed by atoms with Crippen LogP contribution in [0.2, 0.25) is 0 Å². The predicted octanol–water partition coefficient (Wildman–Crippen LogP) is 3.61. The molecule has 0 radical (unpaired) electrons. The third-order valence-electron chi connectivity index (χ3n) is 4.81. The first kappa shape index (κ1) is 7.41. The molecule has 3 saturated carbocycles. The highest BCUT2D eigenvalue weighted by atomic mass is 14.6. The van der Waals surface area contributed by atoms with Crippen molar-refractivity contribution in [2.75, 3.05) is 0 Å². The van der Waals surface area contributed by atoms with E-state index >= 15 is 0 Å². The second-order valence-electron chi connectivity index (χ2n) is 5.59. The Morgan fingerprint density at radius 2 is 1.83 bits per heavy atom. The molecular weight excluding hydrogens is 144 g/mol. The molecule has 0 N–H and O–H groups in total. The van der Waals surface area contributed by atoms with Gasteiger partial charge in [0, 0.05) is 0 Å². The molecule has 3 fully saturated rings. The summed E-state index contributed by atoms with van der Waals surface area (Å²) in [5.41, 5.74) is 0.910. The Bertz CT molecular complexity index is 190. The molecule has 3 atom stereocenters. The van der Waals surface area contributed by atoms with E-state index < -0.39 is 0 Å². The van der Waals surface area contributed by atoms with Gasteiger partial charge in [-0.1, -0.05) is 19.8 Å². The Morgan fingerprint density at radius 1 is 1.08 bits per heavy atom. The minimum absolute atomic E-state index is 0.910. The van der Waals surface area contributed by atoms with Crippen molar-refractivity contribution in [2.24, 2.45) is 23.2 Å². The molecule has 0 aliphatic heterocycles. The highest BCUT2D eigenvalue weighted by molar-refractivity contribution is 5.06. The highest BCUT2D eigenvalue weighted by Crippen LogP contribution is 2.66. The fourth-order valence-corrected chi connectivity index (χ4v) is 3.69. The molecule has 3 aliphatic rings. The molecule has 0 aromatic carbocycles. The minimum Gasteiger partial charge on any atom is -0.0622 e. The zero-order valence-electron chi connectivity index (χ0n) is 8.18. The van der Waals surface area contributed by atoms with Gasteiger partial charge < -0.3 is 0 Å². The quantitative estimate of drug-likeness (QED) is 0.555. The van der Waals surface area contributed by atoms with E-state index in [1.807, 2.05) is 0 Å². The van der Waals surface area contributed by atoms with Gasteiger partial charge in [0.25, 0.3) is 0 Å². The summed E-state index contributed by atoms with van der Waals surface area (Å²) in [5.74, 6) is 3.42. The van der Waals surface area contributed by atoms with Crippen molar-refractivity contribution in [1.82, 2.24) is 0 Å². The Labute approximate surface area is 75.7 Å². The number of rotatable bonds is 1. The van der Waals surface area contributed by atoms with E-state index in [9.17, 15) is 0 Å². The Morgan fingerprint density at radius 3 is 2.42 bits per heavy atom. The van der Waals surface area contributed by atoms with Crippen LogP contribution in [0.15, 0.2) is 0 Å². The molecule has 3 rings (SSSR count). The predicted molar refractivity (Wildman–Crippen MR) is 50.9 cm³/mol. The maximum atomic E-state index is 2.45. The van der Waals surface area contributed by atoms with Gasteiger partial charge in [-0.15, -0.1) is 0 Å². The van der Waals surface area contributed by atoms with E-state index in [0.717, 1.165) is 17.3 Å². The molecule has 0 heteroatoms. The molecule has 3 unspecified atom stereocenters. The smallest absolute Gasteiger partial charge is 0.0266 e. The standard InChI is InChI=1S/C12H20/c1-9-8-10(9)11-4-2-3-5-12(11)6-7-12/h9-11H,2-8H2,1H3. The van der Waals surface area contributed by atoms with Crippen LogP contribution in [0.4, 0.5) is 0 Å². The maximum absolute atomic E-state index is 2.45. The van der Waals surface area contributed by atoms with Gasteiger partial charge in [-0.2, -0.15) is 0 Å². The molecule has 0 nitrogen and oxygen atoms in total. The number of hydrogen-bond donors (Lipinski definition) is 0. The first-order chi connectivity index (χ1) is 5.82. The minimum atomic E-state index is 0.910. The molecule has 0 saturated heterocycles. The van der Waals surface area contributed by atoms with Crippen LogP contribution in [0.3, 0.4) is 0 Å². The van der Waals surface area contributed by atoms with Crippen LogP contribution in [0, 0.1) is 23.2 Å². The van der Waals surface area contributed by atoms with E-state index in [1.165, 1.54) is 18.8 Å². The third kappa shape index (κ3) is 0.963. The first-order valence-corrected chi connectivity index (χ1v) is 5.82. The largest absolute Gasteiger partial charge is 0.0622 e. The van der Waals surface area contributed by atoms with Gasteiger partial charge in [-0.25, -0.2) is 0 Å². The van der Waals surface area contributed by atoms with Gasteiger partial charge >= 0.3 is 0 Å². The van der Waals surface area contributed by atoms with E-state index in [-0.39, 0.29) is 0 Å². The van der Waals surface area contributed by atoms with Gasteiger partial charge in [-0.05, 0) is 55.3 Å². The fourth-order valence-electron chi connectivity index (χ4n) is 3.69. The summed E-state index contributed by atoms with van der Waals surface area (Å²) in [5, 5.41) is 0. The van der Waals surface area contributed by atoms with Crippen LogP contribution in [-0.2, 0) is 0 Å². The van der Waals surface area contributed by atoms with Gasteiger partial charge in [-0.3, -0.25) is 0 Å². The Balaban J connectivity index is 1.74. The molecule has 0 bridgehead atoms. The summed E-state index contributed by atoms with van der Waals surface area (Å²) in [4.78, 5) is 0. The lowest BCUT2D eigenvalue weighted by molar-refractivity contribution is 0.181. The summed E-state index contributed by atoms with van der Waals surface area (Å²) < 4.78 is 0. The highest BCUT2D eigenvalue weighted by Gasteiger charge is 2.56. The molecule has 0 aromatic rings. The lowest BCUT2D eigenvalue weighted by Crippen LogP contribution is -2.23. The van der Waals surface area contributed by atoms with Crippen molar-refractivity contribution in [1.29, 1.82) is 0 Å². The fraction of sp³-hybridized carbons (Fsp3) is 1.00. The van der Waals surface area contributed by atoms with Crippen molar-refractivity contribution in [3.63, 3.8) is 0 Å². The van der Waals surface area contributed by atoms with Gasteiger partial charge in [0.2, 0.25) is 0 Å². The average Bonchev–Trinajstić information content (AvgIpc) is 2.95. The maximum Gasteiger partial charge on any atom is -0.0266 e. The average molecular weight is 164 g/mol. The summed E-state index contributed by atoms with van der Waals surface area (Å²) in [6.07, 6.45) is 11.0. The van der Waals surface area contributed by atoms with Gasteiger partial charge in [0.15, 0.2) is 0 Å². The van der Waals surface area contributed by atoms with Crippen molar-refractivity contribution in [3.8, 4) is 0 Å². The number of hydrogen-bond acceptors (Lipinski definition) is 0. The van der Waals surface area contributed by atoms with E-state index in [1.54, 1.807) is 32.1 Å². The summed E-state index contributed by atoms with van der Waals surface area (Å²) >= 11 is 0. The monoisotopic (exact) mass is 164 g/mol. The summed E-state index contributed by atoms with van der Waals surface area (Å²) in [6, 6.07) is 0. The lowest BCUT2D eigenvalue weighted by Gasteiger charge is -2.32. The Kier molecular flexibility index (Phi) is 1.40. The topological polar surface area (TPSA) is 0 Å². The summed E-state index contributed by atoms with van der Waals surface area (Å²) in [6.45, 7) is 2.45. The molecule has 0 amide bonds. The van der Waals surface area contributed by atoms with Crippen LogP contribution in [-0.4, -0.2) is 0 Å². The molecular formula is C12H20. The van der Waals surface area contributed by atoms with E-state index in [0.29, 0.717) is 0 Å². The normalized spacial score (nSPS) is 49.2. The molecule has 68 valence electrons. The summed E-state index contributed by atoms with van der Waals surface area (Å²) in [7, 11) is 0. The van der Waals surface area contributed by atoms with Crippen molar-refractivity contribution >= 4 is 0 Å². The van der Waals surface area contributed by atoms with Gasteiger partial charge in [0.05, 0.1) is 0 Å². The zero-order valence-corrected chi connectivity index (χ0v) is 8.18. The molecule has 0 heterocycles. The van der Waals surface area contributed by atoms with Crippen LogP contribution in [0.5, 0.6) is 0 Å². The first-order valence-electron chi connectivity index (χ1n) is 5.82. The van der Waals surface area contributed by atoms with Crippen molar-refractivity contribution in [2.45, 2.75) is 51.9 Å². The lowest BCUT2D eigenvalue weighted by atomic mass is 9.73. The van der Waals surface area contributed by atoms with E-state index in [4.69, 9.17) is 0 Å².